The molecule has 0 aliphatic rings. The lowest BCUT2D eigenvalue weighted by molar-refractivity contribution is 0.282. The lowest BCUT2D eigenvalue weighted by atomic mass is 9.91. The summed E-state index contributed by atoms with van der Waals surface area (Å²) in [6.07, 6.45) is 0. The van der Waals surface area contributed by atoms with Crippen molar-refractivity contribution in [1.29, 1.82) is 0 Å². The molecule has 1 N–H and O–H groups in total. The first-order valence-corrected chi connectivity index (χ1v) is 6.84. The van der Waals surface area contributed by atoms with Gasteiger partial charge >= 0.3 is 0 Å². The summed E-state index contributed by atoms with van der Waals surface area (Å²) in [5, 5.41) is 9.57. The van der Waals surface area contributed by atoms with Crippen molar-refractivity contribution < 1.29 is 5.11 Å². The first-order valence-electron chi connectivity index (χ1n) is 6.84. The molecular weight excluding hydrogens is 232 g/mol. The standard InChI is InChI=1S/C18H22O/c1-12(2)15-7-6-14(4)18(10-15)17-8-5-13(3)9-16(17)11-19/h5-10,12,19H,11H2,1-4H3. The van der Waals surface area contributed by atoms with Crippen molar-refractivity contribution >= 4 is 0 Å². The Balaban J connectivity index is 2.61. The maximum Gasteiger partial charge on any atom is 0.0687 e. The molecule has 0 atom stereocenters. The van der Waals surface area contributed by atoms with Crippen molar-refractivity contribution in [2.24, 2.45) is 0 Å². The average molecular weight is 254 g/mol. The number of hydrogen-bond acceptors (Lipinski definition) is 1. The number of aliphatic hydroxyl groups excluding tert-OH is 1. The van der Waals surface area contributed by atoms with Gasteiger partial charge in [0.2, 0.25) is 0 Å². The summed E-state index contributed by atoms with van der Waals surface area (Å²) < 4.78 is 0. The second-order valence-corrected chi connectivity index (χ2v) is 5.55. The molecule has 0 unspecified atom stereocenters. The van der Waals surface area contributed by atoms with Crippen LogP contribution in [-0.2, 0) is 6.61 Å². The molecule has 0 bridgehead atoms. The molecule has 1 nitrogen and oxygen atoms in total. The van der Waals surface area contributed by atoms with Crippen LogP contribution in [0.5, 0.6) is 0 Å². The van der Waals surface area contributed by atoms with Gasteiger partial charge in [-0.1, -0.05) is 55.8 Å². The van der Waals surface area contributed by atoms with E-state index in [1.807, 2.05) is 0 Å². The SMILES string of the molecule is Cc1ccc(-c2cc(C(C)C)ccc2C)c(CO)c1. The Morgan fingerprint density at radius 3 is 2.32 bits per heavy atom. The highest BCUT2D eigenvalue weighted by molar-refractivity contribution is 5.71. The molecule has 2 aromatic rings. The fourth-order valence-electron chi connectivity index (χ4n) is 2.40. The maximum absolute atomic E-state index is 9.57. The quantitative estimate of drug-likeness (QED) is 0.849. The molecule has 0 fully saturated rings. The minimum Gasteiger partial charge on any atom is -0.392 e. The first-order chi connectivity index (χ1) is 9.02. The maximum atomic E-state index is 9.57. The fourth-order valence-corrected chi connectivity index (χ4v) is 2.40. The van der Waals surface area contributed by atoms with Gasteiger partial charge in [0, 0.05) is 0 Å². The summed E-state index contributed by atoms with van der Waals surface area (Å²) in [4.78, 5) is 0. The van der Waals surface area contributed by atoms with Gasteiger partial charge in [-0.05, 0) is 47.6 Å². The number of aliphatic hydroxyl groups is 1. The van der Waals surface area contributed by atoms with E-state index >= 15 is 0 Å². The average Bonchev–Trinajstić information content (AvgIpc) is 2.39. The van der Waals surface area contributed by atoms with Crippen LogP contribution in [0.15, 0.2) is 36.4 Å². The van der Waals surface area contributed by atoms with Crippen LogP contribution in [0.4, 0.5) is 0 Å². The van der Waals surface area contributed by atoms with Gasteiger partial charge in [-0.25, -0.2) is 0 Å². The van der Waals surface area contributed by atoms with Gasteiger partial charge in [-0.3, -0.25) is 0 Å². The molecule has 0 saturated carbocycles. The second-order valence-electron chi connectivity index (χ2n) is 5.55. The van der Waals surface area contributed by atoms with Crippen LogP contribution in [0.1, 0.15) is 42.0 Å². The summed E-state index contributed by atoms with van der Waals surface area (Å²) >= 11 is 0. The smallest absolute Gasteiger partial charge is 0.0687 e. The van der Waals surface area contributed by atoms with E-state index in [2.05, 4.69) is 64.1 Å². The van der Waals surface area contributed by atoms with Gasteiger partial charge in [0.05, 0.1) is 6.61 Å². The molecular formula is C18H22O. The van der Waals surface area contributed by atoms with E-state index in [9.17, 15) is 5.11 Å². The third-order valence-corrected chi connectivity index (χ3v) is 3.65. The van der Waals surface area contributed by atoms with E-state index in [1.165, 1.54) is 22.3 Å². The van der Waals surface area contributed by atoms with Crippen LogP contribution >= 0.6 is 0 Å². The normalized spacial score (nSPS) is 11.1. The Kier molecular flexibility index (Phi) is 4.06. The topological polar surface area (TPSA) is 20.2 Å². The molecule has 0 amide bonds. The lowest BCUT2D eigenvalue weighted by Crippen LogP contribution is -1.95. The first kappa shape index (κ1) is 13.8. The van der Waals surface area contributed by atoms with E-state index in [-0.39, 0.29) is 6.61 Å². The molecule has 0 aliphatic heterocycles. The Bertz CT molecular complexity index is 582. The minimum atomic E-state index is 0.0857. The van der Waals surface area contributed by atoms with Crippen molar-refractivity contribution in [2.75, 3.05) is 0 Å². The summed E-state index contributed by atoms with van der Waals surface area (Å²) in [7, 11) is 0. The van der Waals surface area contributed by atoms with Crippen LogP contribution in [0.25, 0.3) is 11.1 Å². The van der Waals surface area contributed by atoms with Gasteiger partial charge in [-0.2, -0.15) is 0 Å². The number of hydrogen-bond donors (Lipinski definition) is 1. The van der Waals surface area contributed by atoms with Crippen molar-refractivity contribution in [3.63, 3.8) is 0 Å². The Labute approximate surface area is 115 Å². The van der Waals surface area contributed by atoms with Gasteiger partial charge in [-0.15, -0.1) is 0 Å². The summed E-state index contributed by atoms with van der Waals surface area (Å²) in [6, 6.07) is 12.9. The lowest BCUT2D eigenvalue weighted by Gasteiger charge is -2.14. The van der Waals surface area contributed by atoms with E-state index in [0.717, 1.165) is 11.1 Å². The van der Waals surface area contributed by atoms with Crippen LogP contribution in [-0.4, -0.2) is 5.11 Å². The number of benzene rings is 2. The summed E-state index contributed by atoms with van der Waals surface area (Å²) in [5.41, 5.74) is 7.16. The van der Waals surface area contributed by atoms with Crippen LogP contribution < -0.4 is 0 Å². The zero-order valence-electron chi connectivity index (χ0n) is 12.2. The summed E-state index contributed by atoms with van der Waals surface area (Å²) in [6.45, 7) is 8.68. The zero-order chi connectivity index (χ0) is 14.0. The molecule has 0 spiro atoms. The molecule has 0 saturated heterocycles. The molecule has 1 heteroatoms. The highest BCUT2D eigenvalue weighted by Gasteiger charge is 2.09. The monoisotopic (exact) mass is 254 g/mol. The van der Waals surface area contributed by atoms with E-state index in [0.29, 0.717) is 5.92 Å². The molecule has 0 aromatic heterocycles. The number of rotatable bonds is 3. The highest BCUT2D eigenvalue weighted by Crippen LogP contribution is 2.30. The van der Waals surface area contributed by atoms with E-state index in [4.69, 9.17) is 0 Å². The second kappa shape index (κ2) is 5.58. The molecule has 0 radical (unpaired) electrons. The van der Waals surface area contributed by atoms with Gasteiger partial charge in [0.15, 0.2) is 0 Å². The van der Waals surface area contributed by atoms with Gasteiger partial charge < -0.3 is 5.11 Å². The molecule has 2 rings (SSSR count). The van der Waals surface area contributed by atoms with Gasteiger partial charge in [0.1, 0.15) is 0 Å². The third-order valence-electron chi connectivity index (χ3n) is 3.65. The van der Waals surface area contributed by atoms with E-state index in [1.54, 1.807) is 0 Å². The van der Waals surface area contributed by atoms with Crippen molar-refractivity contribution in [3.8, 4) is 11.1 Å². The molecule has 0 heterocycles. The fraction of sp³-hybridized carbons (Fsp3) is 0.333. The van der Waals surface area contributed by atoms with Crippen LogP contribution in [0.2, 0.25) is 0 Å². The molecule has 19 heavy (non-hydrogen) atoms. The number of aryl methyl sites for hydroxylation is 2. The zero-order valence-corrected chi connectivity index (χ0v) is 12.2. The van der Waals surface area contributed by atoms with Crippen LogP contribution in [0, 0.1) is 13.8 Å². The largest absolute Gasteiger partial charge is 0.392 e. The van der Waals surface area contributed by atoms with E-state index < -0.39 is 0 Å². The highest BCUT2D eigenvalue weighted by atomic mass is 16.3. The van der Waals surface area contributed by atoms with Crippen molar-refractivity contribution in [1.82, 2.24) is 0 Å². The molecule has 100 valence electrons. The predicted octanol–water partition coefficient (Wildman–Crippen LogP) is 4.59. The van der Waals surface area contributed by atoms with Crippen molar-refractivity contribution in [3.05, 3.63) is 58.7 Å². The Morgan fingerprint density at radius 2 is 1.68 bits per heavy atom. The molecule has 0 aliphatic carbocycles. The van der Waals surface area contributed by atoms with Crippen LogP contribution in [0.3, 0.4) is 0 Å². The summed E-state index contributed by atoms with van der Waals surface area (Å²) in [5.74, 6) is 0.516. The minimum absolute atomic E-state index is 0.0857. The molecule has 2 aromatic carbocycles. The Hall–Kier alpha value is -1.60. The third kappa shape index (κ3) is 2.87. The van der Waals surface area contributed by atoms with Gasteiger partial charge in [0.25, 0.3) is 0 Å². The Morgan fingerprint density at radius 1 is 0.947 bits per heavy atom. The van der Waals surface area contributed by atoms with Crippen molar-refractivity contribution in [2.45, 2.75) is 40.2 Å². The predicted molar refractivity (Wildman–Crippen MR) is 81.4 cm³/mol.